The van der Waals surface area contributed by atoms with Gasteiger partial charge in [-0.05, 0) is 31.6 Å². The zero-order valence-electron chi connectivity index (χ0n) is 69.6. The molecule has 0 spiro atoms. The number of hydrogen-bond donors (Lipinski definition) is 3. The van der Waals surface area contributed by atoms with Crippen molar-refractivity contribution in [2.75, 3.05) is 39.6 Å². The van der Waals surface area contributed by atoms with Gasteiger partial charge < -0.3 is 33.8 Å². The molecular formula is C87H170O17P2. The molecule has 5 atom stereocenters. The van der Waals surface area contributed by atoms with Crippen molar-refractivity contribution in [2.24, 2.45) is 5.92 Å². The number of carbonyl (C=O) groups excluding carboxylic acids is 4. The maximum absolute atomic E-state index is 13.1. The summed E-state index contributed by atoms with van der Waals surface area (Å²) in [6.07, 6.45) is 74.3. The van der Waals surface area contributed by atoms with E-state index in [4.69, 9.17) is 37.0 Å². The lowest BCUT2D eigenvalue weighted by atomic mass is 10.0. The van der Waals surface area contributed by atoms with Gasteiger partial charge in [0, 0.05) is 25.7 Å². The molecule has 3 N–H and O–H groups in total. The van der Waals surface area contributed by atoms with Crippen LogP contribution < -0.4 is 0 Å². The van der Waals surface area contributed by atoms with Crippen molar-refractivity contribution in [3.63, 3.8) is 0 Å². The molecule has 0 heterocycles. The Morgan fingerprint density at radius 2 is 0.434 bits per heavy atom. The zero-order chi connectivity index (χ0) is 77.6. The van der Waals surface area contributed by atoms with Crippen LogP contribution in [0.25, 0.3) is 0 Å². The third kappa shape index (κ3) is 80.1. The standard InChI is InChI=1S/C87H170O17P2/c1-6-9-12-15-17-19-21-23-25-27-29-31-33-35-40-44-48-52-56-61-66-71-85(90)98-77-83(104-87(92)73-68-63-57-53-49-45-41-36-34-32-30-28-26-24-22-20-18-16-13-10-7-2)79-102-106(95,96)100-75-81(88)74-99-105(93,94)101-78-82(76-97-84(89)70-65-59-14-11-8-3)103-86(91)72-67-62-58-54-50-46-42-38-37-39-43-47-51-55-60-64-69-80(4)5/h80-83,88H,6-79H2,1-5H3,(H,93,94)(H,95,96)/t81-,82+,83+/m0/s1. The molecule has 0 bridgehead atoms. The molecule has 19 heteroatoms. The van der Waals surface area contributed by atoms with Crippen LogP contribution in [-0.2, 0) is 65.4 Å². The van der Waals surface area contributed by atoms with E-state index in [0.29, 0.717) is 25.7 Å². The Bertz CT molecular complexity index is 2010. The molecule has 0 aliphatic rings. The average Bonchev–Trinajstić information content (AvgIpc) is 0.902. The molecule has 0 rings (SSSR count). The molecular weight excluding hydrogens is 1380 g/mol. The fraction of sp³-hybridized carbons (Fsp3) is 0.954. The third-order valence-electron chi connectivity index (χ3n) is 20.5. The highest BCUT2D eigenvalue weighted by atomic mass is 31.2. The number of phosphoric ester groups is 2. The van der Waals surface area contributed by atoms with Crippen LogP contribution in [0.3, 0.4) is 0 Å². The van der Waals surface area contributed by atoms with Gasteiger partial charge in [-0.15, -0.1) is 0 Å². The second-order valence-corrected chi connectivity index (χ2v) is 34.7. The van der Waals surface area contributed by atoms with Crippen LogP contribution in [0.5, 0.6) is 0 Å². The van der Waals surface area contributed by atoms with E-state index in [0.717, 1.165) is 102 Å². The van der Waals surface area contributed by atoms with Gasteiger partial charge in [0.2, 0.25) is 0 Å². The smallest absolute Gasteiger partial charge is 0.462 e. The molecule has 0 amide bonds. The van der Waals surface area contributed by atoms with Gasteiger partial charge in [-0.25, -0.2) is 9.13 Å². The van der Waals surface area contributed by atoms with Gasteiger partial charge in [0.05, 0.1) is 26.4 Å². The fourth-order valence-electron chi connectivity index (χ4n) is 13.6. The molecule has 106 heavy (non-hydrogen) atoms. The molecule has 0 aliphatic carbocycles. The SMILES string of the molecule is CCCCCCCCCCCCCCCCCCCCCCCC(=O)OC[C@H](COP(=O)(O)OC[C@@H](O)COP(=O)(O)OC[C@@H](COC(=O)CCCCCCC)OC(=O)CCCCCCCCCCCCCCCCCCC(C)C)OC(=O)CCCCCCCCCCCCCCCCCCCCCCC. The number of carbonyl (C=O) groups is 4. The van der Waals surface area contributed by atoms with Crippen LogP contribution in [0, 0.1) is 5.92 Å². The summed E-state index contributed by atoms with van der Waals surface area (Å²) in [6, 6.07) is 0. The van der Waals surface area contributed by atoms with Gasteiger partial charge in [0.15, 0.2) is 12.2 Å². The molecule has 630 valence electrons. The van der Waals surface area contributed by atoms with Gasteiger partial charge >= 0.3 is 39.5 Å². The second-order valence-electron chi connectivity index (χ2n) is 31.8. The normalized spacial score (nSPS) is 13.7. The monoisotopic (exact) mass is 1550 g/mol. The molecule has 17 nitrogen and oxygen atoms in total. The molecule has 0 aromatic carbocycles. The van der Waals surface area contributed by atoms with E-state index in [1.165, 1.54) is 289 Å². The minimum atomic E-state index is -4.96. The van der Waals surface area contributed by atoms with Crippen LogP contribution >= 0.6 is 15.6 Å². The lowest BCUT2D eigenvalue weighted by Gasteiger charge is -2.21. The Kier molecular flexibility index (Phi) is 78.2. The first-order valence-electron chi connectivity index (χ1n) is 45.1. The van der Waals surface area contributed by atoms with E-state index in [9.17, 15) is 43.2 Å². The number of phosphoric acid groups is 2. The van der Waals surface area contributed by atoms with E-state index in [2.05, 4.69) is 34.6 Å². The maximum Gasteiger partial charge on any atom is 0.472 e. The summed E-state index contributed by atoms with van der Waals surface area (Å²) in [5, 5.41) is 10.6. The number of esters is 4. The largest absolute Gasteiger partial charge is 0.472 e. The highest BCUT2D eigenvalue weighted by molar-refractivity contribution is 7.47. The second kappa shape index (κ2) is 79.7. The topological polar surface area (TPSA) is 237 Å². The predicted molar refractivity (Wildman–Crippen MR) is 437 cm³/mol. The molecule has 0 aliphatic heterocycles. The van der Waals surface area contributed by atoms with Crippen molar-refractivity contribution < 1.29 is 80.2 Å². The number of rotatable bonds is 87. The summed E-state index contributed by atoms with van der Waals surface area (Å²) in [5.41, 5.74) is 0. The van der Waals surface area contributed by atoms with Crippen LogP contribution in [0.4, 0.5) is 0 Å². The highest BCUT2D eigenvalue weighted by Crippen LogP contribution is 2.45. The summed E-state index contributed by atoms with van der Waals surface area (Å²) < 4.78 is 68.7. The highest BCUT2D eigenvalue weighted by Gasteiger charge is 2.30. The molecule has 0 saturated carbocycles. The molecule has 0 aromatic rings. The van der Waals surface area contributed by atoms with Crippen LogP contribution in [0.2, 0.25) is 0 Å². The first-order valence-corrected chi connectivity index (χ1v) is 48.1. The van der Waals surface area contributed by atoms with Crippen LogP contribution in [-0.4, -0.2) is 96.7 Å². The quantitative estimate of drug-likeness (QED) is 0.0222. The number of unbranched alkanes of at least 4 members (excludes halogenated alkanes) is 59. The Morgan fingerprint density at radius 3 is 0.642 bits per heavy atom. The lowest BCUT2D eigenvalue weighted by Crippen LogP contribution is -2.30. The van der Waals surface area contributed by atoms with E-state index in [1.54, 1.807) is 0 Å². The van der Waals surface area contributed by atoms with Crippen molar-refractivity contribution in [1.82, 2.24) is 0 Å². The minimum absolute atomic E-state index is 0.108. The lowest BCUT2D eigenvalue weighted by molar-refractivity contribution is -0.161. The molecule has 0 saturated heterocycles. The summed E-state index contributed by atoms with van der Waals surface area (Å²) in [6.45, 7) is 7.30. The minimum Gasteiger partial charge on any atom is -0.462 e. The zero-order valence-corrected chi connectivity index (χ0v) is 71.4. The van der Waals surface area contributed by atoms with Gasteiger partial charge in [-0.3, -0.25) is 37.3 Å². The fourth-order valence-corrected chi connectivity index (χ4v) is 15.2. The van der Waals surface area contributed by atoms with Gasteiger partial charge in [-0.2, -0.15) is 0 Å². The van der Waals surface area contributed by atoms with Crippen molar-refractivity contribution in [1.29, 1.82) is 0 Å². The van der Waals surface area contributed by atoms with E-state index < -0.39 is 97.5 Å². The van der Waals surface area contributed by atoms with Gasteiger partial charge in [0.25, 0.3) is 0 Å². The molecule has 0 radical (unpaired) electrons. The summed E-state index contributed by atoms with van der Waals surface area (Å²) in [5.74, 6) is -1.30. The maximum atomic E-state index is 13.1. The number of ether oxygens (including phenoxy) is 4. The van der Waals surface area contributed by atoms with Crippen LogP contribution in [0.15, 0.2) is 0 Å². The Hall–Kier alpha value is -1.94. The van der Waals surface area contributed by atoms with Crippen molar-refractivity contribution in [3.8, 4) is 0 Å². The van der Waals surface area contributed by atoms with Crippen molar-refractivity contribution in [3.05, 3.63) is 0 Å². The first-order chi connectivity index (χ1) is 51.5. The Balaban J connectivity index is 5.09. The first kappa shape index (κ1) is 104. The van der Waals surface area contributed by atoms with Crippen molar-refractivity contribution >= 4 is 39.5 Å². The van der Waals surface area contributed by atoms with E-state index >= 15 is 0 Å². The molecule has 0 fully saturated rings. The number of aliphatic hydroxyl groups is 1. The van der Waals surface area contributed by atoms with Gasteiger partial charge in [-0.1, -0.05) is 420 Å². The predicted octanol–water partition coefficient (Wildman–Crippen LogP) is 26.8. The summed E-state index contributed by atoms with van der Waals surface area (Å²) in [7, 11) is -9.92. The van der Waals surface area contributed by atoms with Crippen molar-refractivity contribution in [2.45, 2.75) is 490 Å². The third-order valence-corrected chi connectivity index (χ3v) is 22.4. The number of aliphatic hydroxyl groups excluding tert-OH is 1. The number of hydrogen-bond acceptors (Lipinski definition) is 15. The Labute approximate surface area is 651 Å². The van der Waals surface area contributed by atoms with Gasteiger partial charge in [0.1, 0.15) is 19.3 Å². The average molecular weight is 1550 g/mol. The Morgan fingerprint density at radius 1 is 0.255 bits per heavy atom. The van der Waals surface area contributed by atoms with E-state index in [1.807, 2.05) is 0 Å². The van der Waals surface area contributed by atoms with Crippen LogP contribution in [0.1, 0.15) is 471 Å². The molecule has 0 aromatic heterocycles. The summed E-state index contributed by atoms with van der Waals surface area (Å²) in [4.78, 5) is 72.9. The molecule has 2 unspecified atom stereocenters. The van der Waals surface area contributed by atoms with E-state index in [-0.39, 0.29) is 25.7 Å². The summed E-state index contributed by atoms with van der Waals surface area (Å²) >= 11 is 0.